The molecule has 0 saturated heterocycles. The minimum absolute atomic E-state index is 0.117. The number of hydrogen-bond donors (Lipinski definition) is 3. The minimum Gasteiger partial charge on any atom is -0.467 e. The fourth-order valence-electron chi connectivity index (χ4n) is 4.35. The first-order chi connectivity index (χ1) is 18.2. The molecule has 37 heavy (non-hydrogen) atoms. The second kappa shape index (κ2) is 9.46. The summed E-state index contributed by atoms with van der Waals surface area (Å²) in [6.45, 7) is 0.365. The van der Waals surface area contributed by atoms with Crippen molar-refractivity contribution in [2.45, 2.75) is 13.0 Å². The lowest BCUT2D eigenvalue weighted by Crippen LogP contribution is -2.42. The highest BCUT2D eigenvalue weighted by Gasteiger charge is 2.19. The van der Waals surface area contributed by atoms with Crippen LogP contribution in [0.3, 0.4) is 0 Å². The smallest absolute Gasteiger partial charge is 0.270 e. The van der Waals surface area contributed by atoms with Gasteiger partial charge in [-0.2, -0.15) is 5.10 Å². The van der Waals surface area contributed by atoms with Crippen molar-refractivity contribution in [1.29, 1.82) is 0 Å². The SMILES string of the molecule is O=C(Cc1c[nH]c2ccccc12)NNC(=O)c1cc(-c2ccccc2)nc2c1cnn2Cc1ccco1. The van der Waals surface area contributed by atoms with Crippen LogP contribution in [0.15, 0.2) is 95.9 Å². The highest BCUT2D eigenvalue weighted by molar-refractivity contribution is 6.07. The van der Waals surface area contributed by atoms with Crippen molar-refractivity contribution in [3.63, 3.8) is 0 Å². The number of aromatic amines is 1. The summed E-state index contributed by atoms with van der Waals surface area (Å²) in [7, 11) is 0. The molecule has 3 N–H and O–H groups in total. The number of pyridine rings is 1. The van der Waals surface area contributed by atoms with Gasteiger partial charge in [0.15, 0.2) is 5.65 Å². The number of furan rings is 1. The lowest BCUT2D eigenvalue weighted by Gasteiger charge is -2.10. The first-order valence-electron chi connectivity index (χ1n) is 11.7. The number of fused-ring (bicyclic) bond motifs is 2. The molecule has 0 aliphatic rings. The van der Waals surface area contributed by atoms with Crippen molar-refractivity contribution >= 4 is 33.8 Å². The second-order valence-electron chi connectivity index (χ2n) is 8.58. The van der Waals surface area contributed by atoms with Crippen molar-refractivity contribution in [2.75, 3.05) is 0 Å². The van der Waals surface area contributed by atoms with Crippen LogP contribution < -0.4 is 10.9 Å². The third-order valence-electron chi connectivity index (χ3n) is 6.15. The number of rotatable bonds is 6. The van der Waals surface area contributed by atoms with E-state index in [0.717, 1.165) is 22.0 Å². The number of aromatic nitrogens is 4. The fourth-order valence-corrected chi connectivity index (χ4v) is 4.35. The lowest BCUT2D eigenvalue weighted by atomic mass is 10.1. The third kappa shape index (κ3) is 4.45. The molecule has 0 unspecified atom stereocenters. The predicted octanol–water partition coefficient (Wildman–Crippen LogP) is 4.22. The van der Waals surface area contributed by atoms with E-state index in [1.54, 1.807) is 29.4 Å². The van der Waals surface area contributed by atoms with Crippen LogP contribution in [0, 0.1) is 0 Å². The van der Waals surface area contributed by atoms with Crippen LogP contribution >= 0.6 is 0 Å². The van der Waals surface area contributed by atoms with E-state index in [-0.39, 0.29) is 12.3 Å². The molecule has 4 aromatic heterocycles. The van der Waals surface area contributed by atoms with Crippen molar-refractivity contribution in [3.05, 3.63) is 108 Å². The summed E-state index contributed by atoms with van der Waals surface area (Å²) in [6, 6.07) is 22.7. The summed E-state index contributed by atoms with van der Waals surface area (Å²) in [5.41, 5.74) is 9.24. The molecule has 0 saturated carbocycles. The maximum absolute atomic E-state index is 13.3. The zero-order valence-electron chi connectivity index (χ0n) is 19.6. The first kappa shape index (κ1) is 22.3. The topological polar surface area (TPSA) is 118 Å². The summed E-state index contributed by atoms with van der Waals surface area (Å²) < 4.78 is 7.15. The van der Waals surface area contributed by atoms with Gasteiger partial charge >= 0.3 is 0 Å². The van der Waals surface area contributed by atoms with Gasteiger partial charge in [-0.05, 0) is 29.8 Å². The zero-order chi connectivity index (χ0) is 25.2. The molecule has 2 amide bonds. The Kier molecular flexibility index (Phi) is 5.70. The molecule has 0 bridgehead atoms. The van der Waals surface area contributed by atoms with Crippen LogP contribution in [-0.4, -0.2) is 31.6 Å². The predicted molar refractivity (Wildman–Crippen MR) is 138 cm³/mol. The normalized spacial score (nSPS) is 11.1. The average Bonchev–Trinajstić information content (AvgIpc) is 3.69. The molecule has 0 radical (unpaired) electrons. The van der Waals surface area contributed by atoms with Gasteiger partial charge in [0.25, 0.3) is 5.91 Å². The Morgan fingerprint density at radius 1 is 0.946 bits per heavy atom. The molecule has 9 heteroatoms. The number of hydrazine groups is 1. The molecule has 9 nitrogen and oxygen atoms in total. The van der Waals surface area contributed by atoms with Gasteiger partial charge in [0.1, 0.15) is 12.3 Å². The fraction of sp³-hybridized carbons (Fsp3) is 0.0714. The van der Waals surface area contributed by atoms with Crippen LogP contribution in [0.1, 0.15) is 21.7 Å². The van der Waals surface area contributed by atoms with E-state index < -0.39 is 5.91 Å². The van der Waals surface area contributed by atoms with Crippen molar-refractivity contribution < 1.29 is 14.0 Å². The first-order valence-corrected chi connectivity index (χ1v) is 11.7. The molecule has 0 aliphatic heterocycles. The number of para-hydroxylation sites is 1. The molecular weight excluding hydrogens is 468 g/mol. The number of hydrogen-bond acceptors (Lipinski definition) is 5. The number of nitrogens with one attached hydrogen (secondary N) is 3. The minimum atomic E-state index is -0.464. The molecule has 0 spiro atoms. The molecule has 6 aromatic rings. The van der Waals surface area contributed by atoms with Crippen molar-refractivity contribution in [2.24, 2.45) is 0 Å². The monoisotopic (exact) mass is 490 g/mol. The zero-order valence-corrected chi connectivity index (χ0v) is 19.6. The Balaban J connectivity index is 1.27. The van der Waals surface area contributed by atoms with Gasteiger partial charge in [0, 0.05) is 22.7 Å². The number of H-pyrrole nitrogens is 1. The number of carbonyl (C=O) groups excluding carboxylic acids is 2. The van der Waals surface area contributed by atoms with E-state index in [1.165, 1.54) is 0 Å². The summed E-state index contributed by atoms with van der Waals surface area (Å²) in [6.07, 6.45) is 5.12. The Bertz CT molecular complexity index is 1720. The molecule has 2 aromatic carbocycles. The molecule has 6 rings (SSSR count). The van der Waals surface area contributed by atoms with Crippen LogP contribution in [0.25, 0.3) is 33.2 Å². The number of nitrogens with zero attached hydrogens (tertiary/aromatic N) is 3. The Morgan fingerprint density at radius 3 is 2.62 bits per heavy atom. The quantitative estimate of drug-likeness (QED) is 0.302. The highest BCUT2D eigenvalue weighted by Crippen LogP contribution is 2.25. The van der Waals surface area contributed by atoms with E-state index in [9.17, 15) is 9.59 Å². The number of benzene rings is 2. The average molecular weight is 491 g/mol. The van der Waals surface area contributed by atoms with Crippen LogP contribution in [0.2, 0.25) is 0 Å². The lowest BCUT2D eigenvalue weighted by molar-refractivity contribution is -0.121. The van der Waals surface area contributed by atoms with E-state index in [1.807, 2.05) is 66.7 Å². The Labute approximate surface area is 211 Å². The van der Waals surface area contributed by atoms with E-state index in [0.29, 0.717) is 34.6 Å². The van der Waals surface area contributed by atoms with Gasteiger partial charge in [-0.1, -0.05) is 48.5 Å². The van der Waals surface area contributed by atoms with Crippen LogP contribution in [-0.2, 0) is 17.8 Å². The summed E-state index contributed by atoms with van der Waals surface area (Å²) in [5.74, 6) is -0.0814. The van der Waals surface area contributed by atoms with Gasteiger partial charge < -0.3 is 9.40 Å². The van der Waals surface area contributed by atoms with Gasteiger partial charge in [-0.15, -0.1) is 0 Å². The van der Waals surface area contributed by atoms with E-state index in [2.05, 4.69) is 20.9 Å². The molecule has 4 heterocycles. The molecule has 182 valence electrons. The summed E-state index contributed by atoms with van der Waals surface area (Å²) >= 11 is 0. The van der Waals surface area contributed by atoms with E-state index >= 15 is 0 Å². The Hall–Kier alpha value is -5.18. The van der Waals surface area contributed by atoms with Gasteiger partial charge in [-0.3, -0.25) is 20.4 Å². The van der Waals surface area contributed by atoms with Crippen molar-refractivity contribution in [3.8, 4) is 11.3 Å². The largest absolute Gasteiger partial charge is 0.467 e. The third-order valence-corrected chi connectivity index (χ3v) is 6.15. The van der Waals surface area contributed by atoms with E-state index in [4.69, 9.17) is 9.40 Å². The van der Waals surface area contributed by atoms with Gasteiger partial charge in [0.05, 0.1) is 35.5 Å². The highest BCUT2D eigenvalue weighted by atomic mass is 16.3. The van der Waals surface area contributed by atoms with Crippen LogP contribution in [0.4, 0.5) is 0 Å². The summed E-state index contributed by atoms with van der Waals surface area (Å²) in [5, 5.41) is 5.98. The summed E-state index contributed by atoms with van der Waals surface area (Å²) in [4.78, 5) is 33.9. The van der Waals surface area contributed by atoms with Gasteiger partial charge in [-0.25, -0.2) is 9.67 Å². The molecule has 0 aliphatic carbocycles. The number of amides is 2. The Morgan fingerprint density at radius 2 is 1.78 bits per heavy atom. The maximum Gasteiger partial charge on any atom is 0.270 e. The molecule has 0 atom stereocenters. The van der Waals surface area contributed by atoms with Crippen LogP contribution in [0.5, 0.6) is 0 Å². The second-order valence-corrected chi connectivity index (χ2v) is 8.58. The standard InChI is InChI=1S/C28H22N6O3/c35-26(13-19-15-29-24-11-5-4-10-21(19)24)32-33-28(36)22-14-25(18-7-2-1-3-8-18)31-27-23(22)16-30-34(27)17-20-9-6-12-37-20/h1-12,14-16,29H,13,17H2,(H,32,35)(H,33,36). The maximum atomic E-state index is 13.3. The van der Waals surface area contributed by atoms with Gasteiger partial charge in [0.2, 0.25) is 5.91 Å². The number of carbonyl (C=O) groups is 2. The molecule has 0 fully saturated rings. The molecular formula is C28H22N6O3. The van der Waals surface area contributed by atoms with Crippen molar-refractivity contribution in [1.82, 2.24) is 30.6 Å².